The minimum atomic E-state index is -0.630. The Bertz CT molecular complexity index is 1080. The van der Waals surface area contributed by atoms with Crippen molar-refractivity contribution in [1.29, 1.82) is 0 Å². The smallest absolute Gasteiger partial charge is 0.414 e. The molecule has 3 rings (SSSR count). The van der Waals surface area contributed by atoms with E-state index in [1.54, 1.807) is 4.90 Å². The monoisotopic (exact) mass is 545 g/mol. The first kappa shape index (κ1) is 24.0. The zero-order valence-corrected chi connectivity index (χ0v) is 20.8. The van der Waals surface area contributed by atoms with E-state index in [2.05, 4.69) is 22.6 Å². The molecule has 0 heterocycles. The van der Waals surface area contributed by atoms with Crippen LogP contribution < -0.4 is 9.64 Å². The van der Waals surface area contributed by atoms with E-state index in [0.717, 1.165) is 26.2 Å². The van der Waals surface area contributed by atoms with Gasteiger partial charge in [0, 0.05) is 33.4 Å². The van der Waals surface area contributed by atoms with Crippen molar-refractivity contribution in [3.05, 3.63) is 69.8 Å². The molecule has 3 aromatic carbocycles. The molecule has 0 radical (unpaired) electrons. The molecule has 0 aliphatic heterocycles. The van der Waals surface area contributed by atoms with Crippen molar-refractivity contribution >= 4 is 51.4 Å². The number of hydrogen-bond acceptors (Lipinski definition) is 4. The number of aldehydes is 1. The average Bonchev–Trinajstić information content (AvgIpc) is 2.76. The highest BCUT2D eigenvalue weighted by molar-refractivity contribution is 14.1. The maximum absolute atomic E-state index is 13.1. The number of ether oxygens (including phenoxy) is 2. The van der Waals surface area contributed by atoms with Crippen LogP contribution in [0.5, 0.6) is 5.75 Å². The molecule has 0 aliphatic rings. The van der Waals surface area contributed by atoms with Crippen molar-refractivity contribution in [3.8, 4) is 5.75 Å². The highest BCUT2D eigenvalue weighted by atomic mass is 127. The molecule has 0 aromatic heterocycles. The van der Waals surface area contributed by atoms with Crippen LogP contribution in [0.3, 0.4) is 0 Å². The summed E-state index contributed by atoms with van der Waals surface area (Å²) in [4.78, 5) is 25.6. The molecule has 168 valence electrons. The van der Waals surface area contributed by atoms with Gasteiger partial charge in [0.05, 0.1) is 5.69 Å². The summed E-state index contributed by atoms with van der Waals surface area (Å²) in [7, 11) is 0. The highest BCUT2D eigenvalue weighted by Gasteiger charge is 2.26. The third-order valence-electron chi connectivity index (χ3n) is 4.77. The van der Waals surface area contributed by atoms with Crippen molar-refractivity contribution in [2.75, 3.05) is 11.4 Å². The van der Waals surface area contributed by atoms with Crippen molar-refractivity contribution < 1.29 is 19.1 Å². The van der Waals surface area contributed by atoms with Crippen molar-refractivity contribution in [2.45, 2.75) is 45.8 Å². The SMILES string of the molecule is CC(C)(C)OC(=O)N(CCCC=O)c1cc(OCc2ccccc2)c2ccccc2c1I. The van der Waals surface area contributed by atoms with Crippen LogP contribution in [0.25, 0.3) is 10.8 Å². The Labute approximate surface area is 202 Å². The van der Waals surface area contributed by atoms with Crippen LogP contribution in [0.2, 0.25) is 0 Å². The second-order valence-corrected chi connectivity index (χ2v) is 9.55. The molecule has 1 amide bonds. The summed E-state index contributed by atoms with van der Waals surface area (Å²) in [5.74, 6) is 0.698. The quantitative estimate of drug-likeness (QED) is 0.179. The first-order valence-electron chi connectivity index (χ1n) is 10.6. The molecule has 5 nitrogen and oxygen atoms in total. The Hall–Kier alpha value is -2.61. The van der Waals surface area contributed by atoms with Gasteiger partial charge in [-0.15, -0.1) is 0 Å². The molecule has 6 heteroatoms. The molecule has 0 saturated heterocycles. The van der Waals surface area contributed by atoms with E-state index in [1.807, 2.05) is 81.4 Å². The Morgan fingerprint density at radius 3 is 2.34 bits per heavy atom. The number of benzene rings is 3. The molecule has 0 bridgehead atoms. The summed E-state index contributed by atoms with van der Waals surface area (Å²) in [6, 6.07) is 19.9. The Morgan fingerprint density at radius 2 is 1.69 bits per heavy atom. The standard InChI is InChI=1S/C26H28INO4/c1-26(2,3)32-25(30)28(15-9-10-16-29)22-17-23(31-18-19-11-5-4-6-12-19)20-13-7-8-14-21(20)24(22)27/h4-8,11-14,16-17H,9-10,15,18H2,1-3H3. The lowest BCUT2D eigenvalue weighted by atomic mass is 10.1. The largest absolute Gasteiger partial charge is 0.488 e. The average molecular weight is 545 g/mol. The second kappa shape index (κ2) is 10.8. The summed E-state index contributed by atoms with van der Waals surface area (Å²) in [6.07, 6.45) is 1.35. The van der Waals surface area contributed by atoms with Crippen LogP contribution in [0.4, 0.5) is 10.5 Å². The van der Waals surface area contributed by atoms with Crippen LogP contribution in [0.15, 0.2) is 60.7 Å². The fraction of sp³-hybridized carbons (Fsp3) is 0.308. The van der Waals surface area contributed by atoms with Gasteiger partial charge in [-0.05, 0) is 55.3 Å². The van der Waals surface area contributed by atoms with Gasteiger partial charge in [-0.3, -0.25) is 4.90 Å². The maximum Gasteiger partial charge on any atom is 0.414 e. The van der Waals surface area contributed by atoms with Gasteiger partial charge in [0.1, 0.15) is 24.2 Å². The van der Waals surface area contributed by atoms with Crippen molar-refractivity contribution in [2.24, 2.45) is 0 Å². The van der Waals surface area contributed by atoms with E-state index in [9.17, 15) is 9.59 Å². The molecule has 0 unspecified atom stereocenters. The zero-order chi connectivity index (χ0) is 23.1. The van der Waals surface area contributed by atoms with Gasteiger partial charge in [0.25, 0.3) is 0 Å². The maximum atomic E-state index is 13.1. The minimum absolute atomic E-state index is 0.375. The number of hydrogen-bond donors (Lipinski definition) is 0. The summed E-state index contributed by atoms with van der Waals surface area (Å²) in [6.45, 7) is 6.32. The minimum Gasteiger partial charge on any atom is -0.488 e. The van der Waals surface area contributed by atoms with Crippen LogP contribution in [0, 0.1) is 3.57 Å². The molecule has 32 heavy (non-hydrogen) atoms. The first-order valence-corrected chi connectivity index (χ1v) is 11.7. The predicted octanol–water partition coefficient (Wildman–Crippen LogP) is 6.74. The molecule has 0 spiro atoms. The first-order chi connectivity index (χ1) is 15.3. The molecule has 0 saturated carbocycles. The van der Waals surface area contributed by atoms with Gasteiger partial charge < -0.3 is 14.3 Å². The number of carbonyl (C=O) groups excluding carboxylic acids is 2. The van der Waals surface area contributed by atoms with Gasteiger partial charge in [-0.1, -0.05) is 54.6 Å². The molecular weight excluding hydrogens is 517 g/mol. The van der Waals surface area contributed by atoms with Gasteiger partial charge >= 0.3 is 6.09 Å². The molecule has 3 aromatic rings. The van der Waals surface area contributed by atoms with Crippen molar-refractivity contribution in [1.82, 2.24) is 0 Å². The highest BCUT2D eigenvalue weighted by Crippen LogP contribution is 2.38. The van der Waals surface area contributed by atoms with Gasteiger partial charge in [-0.2, -0.15) is 0 Å². The Morgan fingerprint density at radius 1 is 1.03 bits per heavy atom. The number of unbranched alkanes of at least 4 members (excludes halogenated alkanes) is 1. The predicted molar refractivity (Wildman–Crippen MR) is 136 cm³/mol. The van der Waals surface area contributed by atoms with Crippen LogP contribution in [-0.2, 0) is 16.1 Å². The lowest BCUT2D eigenvalue weighted by Gasteiger charge is -2.29. The second-order valence-electron chi connectivity index (χ2n) is 8.47. The van der Waals surface area contributed by atoms with E-state index in [-0.39, 0.29) is 0 Å². The van der Waals surface area contributed by atoms with E-state index in [0.29, 0.717) is 37.4 Å². The normalized spacial score (nSPS) is 11.2. The molecule has 0 atom stereocenters. The molecule has 0 aliphatic carbocycles. The topological polar surface area (TPSA) is 55.8 Å². The number of fused-ring (bicyclic) bond motifs is 1. The summed E-state index contributed by atoms with van der Waals surface area (Å²) in [5, 5.41) is 1.98. The number of amides is 1. The number of nitrogens with zero attached hydrogens (tertiary/aromatic N) is 1. The van der Waals surface area contributed by atoms with Crippen molar-refractivity contribution in [3.63, 3.8) is 0 Å². The summed E-state index contributed by atoms with van der Waals surface area (Å²) < 4.78 is 12.8. The van der Waals surface area contributed by atoms with Crippen LogP contribution >= 0.6 is 22.6 Å². The molecule has 0 N–H and O–H groups in total. The number of halogens is 1. The van der Waals surface area contributed by atoms with E-state index < -0.39 is 11.7 Å². The number of anilines is 1. The van der Waals surface area contributed by atoms with Gasteiger partial charge in [0.15, 0.2) is 0 Å². The van der Waals surface area contributed by atoms with Gasteiger partial charge in [-0.25, -0.2) is 4.79 Å². The summed E-state index contributed by atoms with van der Waals surface area (Å²) >= 11 is 2.27. The number of carbonyl (C=O) groups is 2. The molecule has 0 fully saturated rings. The Kier molecular flexibility index (Phi) is 8.12. The van der Waals surface area contributed by atoms with Crippen LogP contribution in [-0.4, -0.2) is 24.5 Å². The molecular formula is C26H28INO4. The lowest BCUT2D eigenvalue weighted by Crippen LogP contribution is -2.38. The van der Waals surface area contributed by atoms with E-state index in [4.69, 9.17) is 9.47 Å². The van der Waals surface area contributed by atoms with E-state index in [1.165, 1.54) is 0 Å². The van der Waals surface area contributed by atoms with Crippen LogP contribution in [0.1, 0.15) is 39.2 Å². The Balaban J connectivity index is 2.03. The summed E-state index contributed by atoms with van der Waals surface area (Å²) in [5.41, 5.74) is 1.15. The third kappa shape index (κ3) is 6.22. The van der Waals surface area contributed by atoms with E-state index >= 15 is 0 Å². The third-order valence-corrected chi connectivity index (χ3v) is 5.90. The zero-order valence-electron chi connectivity index (χ0n) is 18.6. The fourth-order valence-corrected chi connectivity index (χ4v) is 4.22. The van der Waals surface area contributed by atoms with Gasteiger partial charge in [0.2, 0.25) is 0 Å². The number of rotatable bonds is 8. The lowest BCUT2D eigenvalue weighted by molar-refractivity contribution is -0.107. The fourth-order valence-electron chi connectivity index (χ4n) is 3.30.